The predicted molar refractivity (Wildman–Crippen MR) is 63.7 cm³/mol. The second-order valence-corrected chi connectivity index (χ2v) is 3.58. The van der Waals surface area contributed by atoms with E-state index in [0.29, 0.717) is 0 Å². The lowest BCUT2D eigenvalue weighted by molar-refractivity contribution is 0.303. The third-order valence-electron chi connectivity index (χ3n) is 1.84. The van der Waals surface area contributed by atoms with E-state index in [-0.39, 0.29) is 12.4 Å². The molecular weight excluding hydrogens is 182 g/mol. The summed E-state index contributed by atoms with van der Waals surface area (Å²) < 4.78 is 0. The first kappa shape index (κ1) is 15.5. The van der Waals surface area contributed by atoms with Gasteiger partial charge >= 0.3 is 0 Å². The first-order valence-electron chi connectivity index (χ1n) is 5.06. The number of hydrogen-bond donors (Lipinski definition) is 0. The monoisotopic (exact) mass is 205 g/mol. The van der Waals surface area contributed by atoms with Gasteiger partial charge in [-0.15, -0.1) is 12.4 Å². The molecule has 0 heterocycles. The van der Waals surface area contributed by atoms with E-state index < -0.39 is 0 Å². The molecule has 0 bridgehead atoms. The number of rotatable bonds is 6. The SMILES string of the molecule is CCCN(CC=C(C)C)CCC.Cl. The second-order valence-electron chi connectivity index (χ2n) is 3.58. The first-order chi connectivity index (χ1) is 5.70. The maximum atomic E-state index is 2.51. The van der Waals surface area contributed by atoms with Crippen molar-refractivity contribution in [3.63, 3.8) is 0 Å². The van der Waals surface area contributed by atoms with Gasteiger partial charge in [0.15, 0.2) is 0 Å². The van der Waals surface area contributed by atoms with Crippen molar-refractivity contribution in [1.29, 1.82) is 0 Å². The highest BCUT2D eigenvalue weighted by molar-refractivity contribution is 5.85. The molecule has 0 spiro atoms. The van der Waals surface area contributed by atoms with Crippen LogP contribution in [0, 0.1) is 0 Å². The van der Waals surface area contributed by atoms with E-state index in [1.807, 2.05) is 0 Å². The minimum atomic E-state index is 0. The van der Waals surface area contributed by atoms with Crippen LogP contribution < -0.4 is 0 Å². The summed E-state index contributed by atoms with van der Waals surface area (Å²) in [4.78, 5) is 2.51. The highest BCUT2D eigenvalue weighted by Gasteiger charge is 1.98. The Kier molecular flexibility index (Phi) is 12.0. The molecule has 0 saturated heterocycles. The molecule has 0 rings (SSSR count). The largest absolute Gasteiger partial charge is 0.300 e. The quantitative estimate of drug-likeness (QED) is 0.600. The summed E-state index contributed by atoms with van der Waals surface area (Å²) in [7, 11) is 0. The van der Waals surface area contributed by atoms with Gasteiger partial charge in [-0.05, 0) is 39.8 Å². The zero-order chi connectivity index (χ0) is 9.40. The van der Waals surface area contributed by atoms with E-state index in [4.69, 9.17) is 0 Å². The van der Waals surface area contributed by atoms with Gasteiger partial charge in [-0.25, -0.2) is 0 Å². The van der Waals surface area contributed by atoms with Crippen molar-refractivity contribution in [2.45, 2.75) is 40.5 Å². The Morgan fingerprint density at radius 1 is 1.08 bits per heavy atom. The highest BCUT2D eigenvalue weighted by Crippen LogP contribution is 1.96. The van der Waals surface area contributed by atoms with E-state index in [1.165, 1.54) is 31.5 Å². The smallest absolute Gasteiger partial charge is 0.0165 e. The Bertz CT molecular complexity index is 122. The maximum absolute atomic E-state index is 2.51. The summed E-state index contributed by atoms with van der Waals surface area (Å²) >= 11 is 0. The van der Waals surface area contributed by atoms with Crippen molar-refractivity contribution in [1.82, 2.24) is 4.90 Å². The fraction of sp³-hybridized carbons (Fsp3) is 0.818. The molecule has 0 N–H and O–H groups in total. The summed E-state index contributed by atoms with van der Waals surface area (Å²) in [6, 6.07) is 0. The molecule has 0 aliphatic carbocycles. The lowest BCUT2D eigenvalue weighted by atomic mass is 10.3. The molecule has 1 nitrogen and oxygen atoms in total. The molecule has 0 atom stereocenters. The van der Waals surface area contributed by atoms with Gasteiger partial charge in [-0.2, -0.15) is 0 Å². The molecule has 13 heavy (non-hydrogen) atoms. The summed E-state index contributed by atoms with van der Waals surface area (Å²) in [6.07, 6.45) is 4.83. The normalized spacial score (nSPS) is 9.62. The van der Waals surface area contributed by atoms with E-state index in [1.54, 1.807) is 0 Å². The van der Waals surface area contributed by atoms with Crippen LogP contribution in [0.25, 0.3) is 0 Å². The third-order valence-corrected chi connectivity index (χ3v) is 1.84. The van der Waals surface area contributed by atoms with Crippen LogP contribution in [0.2, 0.25) is 0 Å². The topological polar surface area (TPSA) is 3.24 Å². The number of halogens is 1. The summed E-state index contributed by atoms with van der Waals surface area (Å²) in [5.41, 5.74) is 1.42. The van der Waals surface area contributed by atoms with Crippen molar-refractivity contribution < 1.29 is 0 Å². The lowest BCUT2D eigenvalue weighted by Crippen LogP contribution is -2.25. The first-order valence-corrected chi connectivity index (χ1v) is 5.06. The minimum Gasteiger partial charge on any atom is -0.300 e. The molecule has 0 amide bonds. The van der Waals surface area contributed by atoms with Crippen molar-refractivity contribution in [2.75, 3.05) is 19.6 Å². The molecule has 0 aromatic heterocycles. The third kappa shape index (κ3) is 9.91. The molecule has 0 saturated carbocycles. The van der Waals surface area contributed by atoms with Crippen LogP contribution in [0.5, 0.6) is 0 Å². The van der Waals surface area contributed by atoms with Crippen molar-refractivity contribution in [3.8, 4) is 0 Å². The van der Waals surface area contributed by atoms with Gasteiger partial charge in [0.1, 0.15) is 0 Å². The van der Waals surface area contributed by atoms with E-state index >= 15 is 0 Å². The second kappa shape index (κ2) is 10.1. The standard InChI is InChI=1S/C11H23N.ClH/c1-5-8-12(9-6-2)10-7-11(3)4;/h7H,5-6,8-10H2,1-4H3;1H. The Morgan fingerprint density at radius 3 is 1.85 bits per heavy atom. The molecule has 80 valence electrons. The Hall–Kier alpha value is -0.0100. The van der Waals surface area contributed by atoms with Crippen LogP contribution in [0.3, 0.4) is 0 Å². The van der Waals surface area contributed by atoms with Crippen LogP contribution in [0.1, 0.15) is 40.5 Å². The zero-order valence-corrected chi connectivity index (χ0v) is 10.3. The highest BCUT2D eigenvalue weighted by atomic mass is 35.5. The van der Waals surface area contributed by atoms with Gasteiger partial charge in [-0.1, -0.05) is 25.5 Å². The molecule has 0 aromatic rings. The summed E-state index contributed by atoms with van der Waals surface area (Å²) in [6.45, 7) is 12.4. The molecule has 0 aliphatic rings. The fourth-order valence-electron chi connectivity index (χ4n) is 1.24. The van der Waals surface area contributed by atoms with Gasteiger partial charge in [0.2, 0.25) is 0 Å². The molecule has 0 fully saturated rings. The van der Waals surface area contributed by atoms with Crippen LogP contribution in [0.4, 0.5) is 0 Å². The fourth-order valence-corrected chi connectivity index (χ4v) is 1.24. The van der Waals surface area contributed by atoms with E-state index in [9.17, 15) is 0 Å². The number of hydrogen-bond acceptors (Lipinski definition) is 1. The van der Waals surface area contributed by atoms with Gasteiger partial charge in [0.05, 0.1) is 0 Å². The van der Waals surface area contributed by atoms with Crippen molar-refractivity contribution >= 4 is 12.4 Å². The van der Waals surface area contributed by atoms with Gasteiger partial charge in [-0.3, -0.25) is 4.90 Å². The average molecular weight is 206 g/mol. The molecule has 0 aliphatic heterocycles. The molecular formula is C11H24ClN. The number of nitrogens with zero attached hydrogens (tertiary/aromatic N) is 1. The number of allylic oxidation sites excluding steroid dienone is 1. The minimum absolute atomic E-state index is 0. The maximum Gasteiger partial charge on any atom is 0.0165 e. The molecule has 0 aromatic carbocycles. The molecule has 0 unspecified atom stereocenters. The van der Waals surface area contributed by atoms with Crippen molar-refractivity contribution in [2.24, 2.45) is 0 Å². The van der Waals surface area contributed by atoms with Gasteiger partial charge in [0, 0.05) is 6.54 Å². The van der Waals surface area contributed by atoms with Crippen LogP contribution >= 0.6 is 12.4 Å². The zero-order valence-electron chi connectivity index (χ0n) is 9.47. The Morgan fingerprint density at radius 2 is 1.54 bits per heavy atom. The Balaban J connectivity index is 0. The Labute approximate surface area is 89.6 Å². The van der Waals surface area contributed by atoms with Gasteiger partial charge < -0.3 is 0 Å². The lowest BCUT2D eigenvalue weighted by Gasteiger charge is -2.18. The van der Waals surface area contributed by atoms with Gasteiger partial charge in [0.25, 0.3) is 0 Å². The molecule has 0 radical (unpaired) electrons. The van der Waals surface area contributed by atoms with Crippen LogP contribution in [-0.4, -0.2) is 24.5 Å². The van der Waals surface area contributed by atoms with Crippen molar-refractivity contribution in [3.05, 3.63) is 11.6 Å². The molecule has 2 heteroatoms. The summed E-state index contributed by atoms with van der Waals surface area (Å²) in [5, 5.41) is 0. The van der Waals surface area contributed by atoms with E-state index in [0.717, 1.165) is 6.54 Å². The van der Waals surface area contributed by atoms with Crippen LogP contribution in [-0.2, 0) is 0 Å². The average Bonchev–Trinajstić information content (AvgIpc) is 2.01. The predicted octanol–water partition coefficient (Wildman–Crippen LogP) is 3.50. The van der Waals surface area contributed by atoms with E-state index in [2.05, 4.69) is 38.7 Å². The van der Waals surface area contributed by atoms with Crippen LogP contribution in [0.15, 0.2) is 11.6 Å². The summed E-state index contributed by atoms with van der Waals surface area (Å²) in [5.74, 6) is 0.